The SMILES string of the molecule is N/N=C(\NN)c1ccc2c(c1)nc(Nc1cccc(C(=O)O)c1)c1ccsc12. The van der Waals surface area contributed by atoms with E-state index in [2.05, 4.69) is 15.8 Å². The van der Waals surface area contributed by atoms with Gasteiger partial charge in [-0.15, -0.1) is 11.3 Å². The van der Waals surface area contributed by atoms with Crippen LogP contribution in [-0.2, 0) is 0 Å². The molecule has 2 heterocycles. The van der Waals surface area contributed by atoms with Gasteiger partial charge in [0.2, 0.25) is 0 Å². The van der Waals surface area contributed by atoms with E-state index < -0.39 is 5.97 Å². The van der Waals surface area contributed by atoms with Crippen molar-refractivity contribution >= 4 is 55.6 Å². The molecular formula is C19H16N6O2S. The number of hydrogen-bond donors (Lipinski definition) is 5. The van der Waals surface area contributed by atoms with Gasteiger partial charge in [0.25, 0.3) is 0 Å². The molecule has 0 aliphatic heterocycles. The summed E-state index contributed by atoms with van der Waals surface area (Å²) in [5.41, 5.74) is 4.75. The lowest BCUT2D eigenvalue weighted by Gasteiger charge is -2.11. The highest BCUT2D eigenvalue weighted by atomic mass is 32.1. The topological polar surface area (TPSA) is 139 Å². The van der Waals surface area contributed by atoms with Crippen LogP contribution < -0.4 is 22.4 Å². The normalized spacial score (nSPS) is 11.7. The van der Waals surface area contributed by atoms with Crippen molar-refractivity contribution in [3.05, 3.63) is 65.0 Å². The predicted molar refractivity (Wildman–Crippen MR) is 112 cm³/mol. The standard InChI is InChI=1S/C19H16N6O2S/c20-24-17(25-21)10-4-5-13-15(9-10)23-18(14-6-7-28-16(13)14)22-12-3-1-2-11(8-12)19(26)27/h1-9H,20-21H2,(H,22,23)(H,24,25)(H,26,27). The molecule has 0 unspecified atom stereocenters. The molecule has 4 rings (SSSR count). The van der Waals surface area contributed by atoms with Crippen LogP contribution in [0.2, 0.25) is 0 Å². The van der Waals surface area contributed by atoms with E-state index in [0.717, 1.165) is 21.0 Å². The number of hydrogen-bond acceptors (Lipinski definition) is 7. The Labute approximate surface area is 163 Å². The molecule has 9 heteroatoms. The van der Waals surface area contributed by atoms with E-state index in [0.29, 0.717) is 22.9 Å². The molecule has 0 saturated heterocycles. The second-order valence-electron chi connectivity index (χ2n) is 5.99. The van der Waals surface area contributed by atoms with E-state index in [1.165, 1.54) is 0 Å². The third kappa shape index (κ3) is 3.08. The molecule has 0 fully saturated rings. The maximum absolute atomic E-state index is 11.2. The lowest BCUT2D eigenvalue weighted by atomic mass is 10.1. The van der Waals surface area contributed by atoms with E-state index in [1.54, 1.807) is 35.6 Å². The molecule has 8 nitrogen and oxygen atoms in total. The van der Waals surface area contributed by atoms with Crippen LogP contribution in [0.15, 0.2) is 59.0 Å². The molecule has 4 aromatic rings. The Balaban J connectivity index is 1.86. The monoisotopic (exact) mass is 392 g/mol. The third-order valence-electron chi connectivity index (χ3n) is 4.31. The highest BCUT2D eigenvalue weighted by Crippen LogP contribution is 2.35. The number of carboxylic acid groups (broad SMARTS) is 1. The smallest absolute Gasteiger partial charge is 0.335 e. The highest BCUT2D eigenvalue weighted by Gasteiger charge is 2.13. The first-order valence-corrected chi connectivity index (χ1v) is 9.15. The first-order valence-electron chi connectivity index (χ1n) is 8.27. The van der Waals surface area contributed by atoms with Gasteiger partial charge >= 0.3 is 5.97 Å². The molecule has 0 saturated carbocycles. The number of benzene rings is 2. The van der Waals surface area contributed by atoms with Crippen LogP contribution in [-0.4, -0.2) is 21.9 Å². The summed E-state index contributed by atoms with van der Waals surface area (Å²) in [7, 11) is 0. The quantitative estimate of drug-likeness (QED) is 0.156. The molecule has 7 N–H and O–H groups in total. The largest absolute Gasteiger partial charge is 0.478 e. The zero-order chi connectivity index (χ0) is 19.7. The average Bonchev–Trinajstić information content (AvgIpc) is 3.19. The van der Waals surface area contributed by atoms with Crippen LogP contribution in [0, 0.1) is 0 Å². The second kappa shape index (κ2) is 7.14. The van der Waals surface area contributed by atoms with Gasteiger partial charge in [0.1, 0.15) is 5.82 Å². The summed E-state index contributed by atoms with van der Waals surface area (Å²) >= 11 is 1.61. The van der Waals surface area contributed by atoms with Gasteiger partial charge in [-0.2, -0.15) is 5.10 Å². The first-order chi connectivity index (χ1) is 13.6. The minimum absolute atomic E-state index is 0.201. The number of rotatable bonds is 4. The lowest BCUT2D eigenvalue weighted by molar-refractivity contribution is 0.0697. The van der Waals surface area contributed by atoms with Crippen LogP contribution in [0.3, 0.4) is 0 Å². The zero-order valence-electron chi connectivity index (χ0n) is 14.5. The fourth-order valence-corrected chi connectivity index (χ4v) is 3.94. The fourth-order valence-electron chi connectivity index (χ4n) is 3.01. The number of nitrogens with two attached hydrogens (primary N) is 2. The predicted octanol–water partition coefficient (Wildman–Crippen LogP) is 2.97. The number of fused-ring (bicyclic) bond motifs is 3. The van der Waals surface area contributed by atoms with Crippen molar-refractivity contribution in [2.24, 2.45) is 16.8 Å². The van der Waals surface area contributed by atoms with Gasteiger partial charge in [-0.3, -0.25) is 0 Å². The lowest BCUT2D eigenvalue weighted by Crippen LogP contribution is -2.32. The number of carboxylic acids is 1. The highest BCUT2D eigenvalue weighted by molar-refractivity contribution is 7.18. The minimum Gasteiger partial charge on any atom is -0.478 e. The molecular weight excluding hydrogens is 376 g/mol. The molecule has 0 amide bonds. The summed E-state index contributed by atoms with van der Waals surface area (Å²) in [6.07, 6.45) is 0. The van der Waals surface area contributed by atoms with Crippen molar-refractivity contribution in [3.8, 4) is 0 Å². The van der Waals surface area contributed by atoms with Crippen LogP contribution in [0.4, 0.5) is 11.5 Å². The summed E-state index contributed by atoms with van der Waals surface area (Å²) in [4.78, 5) is 16.0. The molecule has 0 aliphatic rings. The van der Waals surface area contributed by atoms with Gasteiger partial charge in [-0.25, -0.2) is 15.6 Å². The average molecular weight is 392 g/mol. The van der Waals surface area contributed by atoms with Gasteiger partial charge in [-0.05, 0) is 35.7 Å². The third-order valence-corrected chi connectivity index (χ3v) is 5.25. The molecule has 0 aliphatic carbocycles. The number of carbonyl (C=O) groups is 1. The summed E-state index contributed by atoms with van der Waals surface area (Å²) in [6.45, 7) is 0. The van der Waals surface area contributed by atoms with Crippen LogP contribution in [0.25, 0.3) is 21.0 Å². The molecule has 140 valence electrons. The minimum atomic E-state index is -0.983. The Morgan fingerprint density at radius 2 is 1.96 bits per heavy atom. The number of thiophene rings is 1. The number of nitrogens with zero attached hydrogens (tertiary/aromatic N) is 2. The maximum atomic E-state index is 11.2. The number of aromatic nitrogens is 1. The van der Waals surface area contributed by atoms with Crippen molar-refractivity contribution in [2.45, 2.75) is 0 Å². The van der Waals surface area contributed by atoms with E-state index in [4.69, 9.17) is 16.7 Å². The van der Waals surface area contributed by atoms with Gasteiger partial charge in [0.05, 0.1) is 11.1 Å². The van der Waals surface area contributed by atoms with Crippen molar-refractivity contribution in [2.75, 3.05) is 5.32 Å². The number of nitrogens with one attached hydrogen (secondary N) is 2. The Kier molecular flexibility index (Phi) is 4.52. The Hall–Kier alpha value is -3.69. The number of pyridine rings is 1. The van der Waals surface area contributed by atoms with E-state index in [-0.39, 0.29) is 5.56 Å². The van der Waals surface area contributed by atoms with Gasteiger partial charge in [0, 0.05) is 26.7 Å². The first kappa shape index (κ1) is 17.7. The van der Waals surface area contributed by atoms with Gasteiger partial charge in [0.15, 0.2) is 5.84 Å². The maximum Gasteiger partial charge on any atom is 0.335 e. The summed E-state index contributed by atoms with van der Waals surface area (Å²) in [5.74, 6) is 10.8. The number of hydrazone groups is 1. The van der Waals surface area contributed by atoms with Crippen molar-refractivity contribution in [1.29, 1.82) is 0 Å². The molecule has 0 spiro atoms. The fraction of sp³-hybridized carbons (Fsp3) is 0. The van der Waals surface area contributed by atoms with Crippen LogP contribution in [0.1, 0.15) is 15.9 Å². The Morgan fingerprint density at radius 1 is 1.11 bits per heavy atom. The second-order valence-corrected chi connectivity index (χ2v) is 6.90. The van der Waals surface area contributed by atoms with Crippen molar-refractivity contribution in [3.63, 3.8) is 0 Å². The number of anilines is 2. The molecule has 0 bridgehead atoms. The molecule has 0 atom stereocenters. The Morgan fingerprint density at radius 3 is 2.71 bits per heavy atom. The zero-order valence-corrected chi connectivity index (χ0v) is 15.3. The van der Waals surface area contributed by atoms with E-state index in [9.17, 15) is 9.90 Å². The number of amidine groups is 1. The Bertz CT molecular complexity index is 1230. The van der Waals surface area contributed by atoms with Crippen molar-refractivity contribution < 1.29 is 9.90 Å². The summed E-state index contributed by atoms with van der Waals surface area (Å²) in [5, 5.41) is 20.0. The molecule has 0 radical (unpaired) electrons. The van der Waals surface area contributed by atoms with Gasteiger partial charge in [-0.1, -0.05) is 18.2 Å². The van der Waals surface area contributed by atoms with E-state index >= 15 is 0 Å². The molecule has 2 aromatic carbocycles. The molecule has 28 heavy (non-hydrogen) atoms. The van der Waals surface area contributed by atoms with Crippen molar-refractivity contribution in [1.82, 2.24) is 10.4 Å². The van der Waals surface area contributed by atoms with Crippen LogP contribution in [0.5, 0.6) is 0 Å². The summed E-state index contributed by atoms with van der Waals surface area (Å²) < 4.78 is 1.07. The number of aromatic carboxylic acids is 1. The number of hydrazine groups is 1. The van der Waals surface area contributed by atoms with Crippen LogP contribution >= 0.6 is 11.3 Å². The van der Waals surface area contributed by atoms with E-state index in [1.807, 2.05) is 29.6 Å². The van der Waals surface area contributed by atoms with Gasteiger partial charge < -0.3 is 21.7 Å². The summed E-state index contributed by atoms with van der Waals surface area (Å²) in [6, 6.07) is 14.3. The molecule has 2 aromatic heterocycles.